The van der Waals surface area contributed by atoms with Crippen molar-refractivity contribution in [1.29, 1.82) is 0 Å². The molecule has 11 nitrogen and oxygen atoms in total. The zero-order chi connectivity index (χ0) is 59.6. The average molecular weight is 1290 g/mol. The SMILES string of the molecule is CCc1cc(CC)cc(CC(=O)N2CCCC(CCN3CCC(C(C)(C)C(N)=O)CC3)(c3ccc(Cl)c(Cl)c3)C2)c1.CCc1cc(CC)cc(CC(=O)N2CCCC(CCN3CCC(C(C)(C)C(N)=O)CC3)(c3ccc(Cl)c(Cl)c3)C2)c1.Cl.Cl.O. The first-order valence-corrected chi connectivity index (χ1v) is 32.2. The van der Waals surface area contributed by atoms with E-state index in [0.29, 0.717) is 57.9 Å². The van der Waals surface area contributed by atoms with Crippen molar-refractivity contribution in [2.75, 3.05) is 65.4 Å². The van der Waals surface area contributed by atoms with E-state index in [1.165, 1.54) is 22.3 Å². The molecule has 6 N–H and O–H groups in total. The molecular formula is C68H98Cl6N6O5. The molecule has 2 atom stereocenters. The summed E-state index contributed by atoms with van der Waals surface area (Å²) in [5.74, 6) is 0.575. The standard InChI is InChI=1S/2C34H47Cl2N3O2.2ClH.H2O/c2*1-5-24-18-25(6-2)20-26(19-24)21-31(40)39-14-7-12-34(23-39,28-8-9-29(35)30(36)22-28)13-17-38-15-10-27(11-16-38)33(3,4)32(37)41;;;/h2*8-9,18-20,22,27H,5-7,10-17,21,23H2,1-4H3,(H2,37,41);2*1H;1H2. The Morgan fingerprint density at radius 2 is 0.788 bits per heavy atom. The lowest BCUT2D eigenvalue weighted by Crippen LogP contribution is -2.51. The predicted molar refractivity (Wildman–Crippen MR) is 357 cm³/mol. The molecule has 0 spiro atoms. The fourth-order valence-electron chi connectivity index (χ4n) is 13.7. The number of benzene rings is 4. The van der Waals surface area contributed by atoms with E-state index in [0.717, 1.165) is 165 Å². The highest BCUT2D eigenvalue weighted by molar-refractivity contribution is 6.42. The number of likely N-dealkylation sites (tertiary alicyclic amines) is 4. The third-order valence-electron chi connectivity index (χ3n) is 19.8. The van der Waals surface area contributed by atoms with Crippen LogP contribution in [-0.4, -0.2) is 114 Å². The minimum absolute atomic E-state index is 0. The average Bonchev–Trinajstić information content (AvgIpc) is 3.59. The van der Waals surface area contributed by atoms with E-state index in [-0.39, 0.29) is 64.7 Å². The van der Waals surface area contributed by atoms with E-state index < -0.39 is 10.8 Å². The van der Waals surface area contributed by atoms with E-state index >= 15 is 0 Å². The van der Waals surface area contributed by atoms with Crippen LogP contribution in [0.15, 0.2) is 72.8 Å². The van der Waals surface area contributed by atoms with Gasteiger partial charge in [-0.1, -0.05) is 150 Å². The second kappa shape index (κ2) is 32.7. The zero-order valence-corrected chi connectivity index (χ0v) is 56.5. The van der Waals surface area contributed by atoms with Gasteiger partial charge in [0.25, 0.3) is 0 Å². The quantitative estimate of drug-likeness (QED) is 0.0894. The fraction of sp³-hybridized carbons (Fsp3) is 0.588. The van der Waals surface area contributed by atoms with Crippen molar-refractivity contribution >= 4 is 94.8 Å². The Labute approximate surface area is 541 Å². The second-order valence-electron chi connectivity index (χ2n) is 25.6. The molecule has 4 aromatic carbocycles. The molecule has 4 aliphatic heterocycles. The van der Waals surface area contributed by atoms with Crippen molar-refractivity contribution in [2.24, 2.45) is 34.1 Å². The van der Waals surface area contributed by atoms with Crippen molar-refractivity contribution < 1.29 is 24.7 Å². The lowest BCUT2D eigenvalue weighted by atomic mass is 9.71. The molecule has 4 heterocycles. The number of aryl methyl sites for hydroxylation is 4. The monoisotopic (exact) mass is 1290 g/mol. The summed E-state index contributed by atoms with van der Waals surface area (Å²) in [4.78, 5) is 60.7. The first-order valence-electron chi connectivity index (χ1n) is 30.7. The number of piperidine rings is 4. The Kier molecular flexibility index (Phi) is 28.4. The largest absolute Gasteiger partial charge is 0.412 e. The summed E-state index contributed by atoms with van der Waals surface area (Å²) in [6, 6.07) is 25.3. The van der Waals surface area contributed by atoms with Crippen LogP contribution in [0.3, 0.4) is 0 Å². The molecule has 85 heavy (non-hydrogen) atoms. The van der Waals surface area contributed by atoms with Gasteiger partial charge in [-0.3, -0.25) is 19.2 Å². The van der Waals surface area contributed by atoms with Crippen molar-refractivity contribution in [3.8, 4) is 0 Å². The van der Waals surface area contributed by atoms with Crippen molar-refractivity contribution in [1.82, 2.24) is 19.6 Å². The van der Waals surface area contributed by atoms with E-state index in [1.807, 2.05) is 52.0 Å². The second-order valence-corrected chi connectivity index (χ2v) is 27.3. The number of amides is 4. The zero-order valence-electron chi connectivity index (χ0n) is 51.9. The maximum Gasteiger partial charge on any atom is 0.227 e. The van der Waals surface area contributed by atoms with Crippen LogP contribution in [0.1, 0.15) is 164 Å². The summed E-state index contributed by atoms with van der Waals surface area (Å²) in [6.45, 7) is 25.2. The van der Waals surface area contributed by atoms with Gasteiger partial charge in [0.1, 0.15) is 0 Å². The lowest BCUT2D eigenvalue weighted by Gasteiger charge is -2.45. The summed E-state index contributed by atoms with van der Waals surface area (Å²) >= 11 is 25.7. The summed E-state index contributed by atoms with van der Waals surface area (Å²) in [6.07, 6.45) is 14.4. The number of hydrogen-bond donors (Lipinski definition) is 2. The van der Waals surface area contributed by atoms with E-state index in [2.05, 4.69) is 95.8 Å². The highest BCUT2D eigenvalue weighted by Crippen LogP contribution is 2.44. The van der Waals surface area contributed by atoms with Crippen molar-refractivity contribution in [3.63, 3.8) is 0 Å². The Morgan fingerprint density at radius 1 is 0.482 bits per heavy atom. The smallest absolute Gasteiger partial charge is 0.227 e. The van der Waals surface area contributed by atoms with Gasteiger partial charge in [-0.2, -0.15) is 0 Å². The number of carbonyl (C=O) groups is 4. The fourth-order valence-corrected chi connectivity index (χ4v) is 14.3. The molecule has 0 aliphatic carbocycles. The lowest BCUT2D eigenvalue weighted by molar-refractivity contribution is -0.133. The molecule has 0 radical (unpaired) electrons. The molecule has 4 amide bonds. The Morgan fingerprint density at radius 3 is 1.07 bits per heavy atom. The summed E-state index contributed by atoms with van der Waals surface area (Å²) < 4.78 is 0. The van der Waals surface area contributed by atoms with Gasteiger partial charge in [0, 0.05) is 47.8 Å². The Balaban J connectivity index is 0.000000352. The topological polar surface area (TPSA) is 165 Å². The normalized spacial score (nSPS) is 20.0. The van der Waals surface area contributed by atoms with Gasteiger partial charge in [0.2, 0.25) is 23.6 Å². The van der Waals surface area contributed by atoms with Gasteiger partial charge >= 0.3 is 0 Å². The van der Waals surface area contributed by atoms with Gasteiger partial charge in [-0.15, -0.1) is 24.8 Å². The van der Waals surface area contributed by atoms with Gasteiger partial charge < -0.3 is 36.5 Å². The molecule has 0 bridgehead atoms. The number of nitrogens with two attached hydrogens (primary N) is 2. The minimum Gasteiger partial charge on any atom is -0.412 e. The summed E-state index contributed by atoms with van der Waals surface area (Å²) in [5, 5.41) is 2.22. The van der Waals surface area contributed by atoms with Crippen LogP contribution in [0.25, 0.3) is 0 Å². The molecule has 472 valence electrons. The minimum atomic E-state index is -0.480. The summed E-state index contributed by atoms with van der Waals surface area (Å²) in [7, 11) is 0. The molecule has 4 fully saturated rings. The van der Waals surface area contributed by atoms with E-state index in [1.54, 1.807) is 0 Å². The number of halogens is 6. The summed E-state index contributed by atoms with van der Waals surface area (Å²) in [5.41, 5.74) is 19.8. The van der Waals surface area contributed by atoms with Gasteiger partial charge in [0.05, 0.1) is 32.9 Å². The van der Waals surface area contributed by atoms with Gasteiger partial charge in [-0.25, -0.2) is 0 Å². The first kappa shape index (κ1) is 73.8. The first-order chi connectivity index (χ1) is 38.9. The van der Waals surface area contributed by atoms with Crippen LogP contribution in [0.2, 0.25) is 20.1 Å². The third kappa shape index (κ3) is 18.7. The van der Waals surface area contributed by atoms with Crippen molar-refractivity contribution in [2.45, 2.75) is 169 Å². The van der Waals surface area contributed by atoms with Crippen LogP contribution in [0.5, 0.6) is 0 Å². The van der Waals surface area contributed by atoms with Crippen LogP contribution in [0.4, 0.5) is 0 Å². The molecule has 4 aromatic rings. The van der Waals surface area contributed by atoms with Crippen LogP contribution >= 0.6 is 71.2 Å². The van der Waals surface area contributed by atoms with Crippen molar-refractivity contribution in [3.05, 3.63) is 137 Å². The molecular weight excluding hydrogens is 1190 g/mol. The van der Waals surface area contributed by atoms with Crippen LogP contribution < -0.4 is 11.5 Å². The molecule has 8 rings (SSSR count). The highest BCUT2D eigenvalue weighted by Gasteiger charge is 2.43. The number of primary amides is 2. The van der Waals surface area contributed by atoms with Gasteiger partial charge in [-0.05, 0) is 210 Å². The van der Waals surface area contributed by atoms with E-state index in [4.69, 9.17) is 57.9 Å². The highest BCUT2D eigenvalue weighted by atomic mass is 35.5. The Hall–Kier alpha value is -3.62. The molecule has 4 aliphatic rings. The molecule has 0 aromatic heterocycles. The maximum atomic E-state index is 13.7. The van der Waals surface area contributed by atoms with E-state index in [9.17, 15) is 19.2 Å². The number of nitrogens with zero attached hydrogens (tertiary/aromatic N) is 4. The Bertz CT molecular complexity index is 2640. The molecule has 4 saturated heterocycles. The number of hydrogen-bond acceptors (Lipinski definition) is 6. The van der Waals surface area contributed by atoms with Gasteiger partial charge in [0.15, 0.2) is 0 Å². The number of rotatable bonds is 20. The molecule has 0 saturated carbocycles. The third-order valence-corrected chi connectivity index (χ3v) is 21.3. The molecule has 2 unspecified atom stereocenters. The predicted octanol–water partition coefficient (Wildman–Crippen LogP) is 13.7. The van der Waals surface area contributed by atoms with Crippen LogP contribution in [0, 0.1) is 22.7 Å². The number of carbonyl (C=O) groups excluding carboxylic acids is 4. The van der Waals surface area contributed by atoms with Crippen LogP contribution in [-0.2, 0) is 68.5 Å². The maximum absolute atomic E-state index is 13.7. The molecule has 17 heteroatoms.